The Kier molecular flexibility index (Phi) is 7.21. The van der Waals surface area contributed by atoms with E-state index in [0.717, 1.165) is 26.1 Å². The number of hydrogen-bond donors (Lipinski definition) is 0. The van der Waals surface area contributed by atoms with Crippen molar-refractivity contribution in [3.05, 3.63) is 52.4 Å². The molecule has 2 heterocycles. The number of thiazole rings is 1. The lowest BCUT2D eigenvalue weighted by Crippen LogP contribution is -2.36. The third kappa shape index (κ3) is 4.40. The average molecular weight is 482 g/mol. The van der Waals surface area contributed by atoms with Crippen LogP contribution in [0.15, 0.2) is 42.5 Å². The van der Waals surface area contributed by atoms with E-state index in [0.29, 0.717) is 28.1 Å². The highest BCUT2D eigenvalue weighted by Crippen LogP contribution is 2.38. The lowest BCUT2D eigenvalue weighted by Gasteiger charge is -2.21. The highest BCUT2D eigenvalue weighted by Gasteiger charge is 2.26. The molecule has 1 amide bonds. The minimum atomic E-state index is -0.121. The van der Waals surface area contributed by atoms with E-state index >= 15 is 0 Å². The maximum atomic E-state index is 13.5. The molecule has 9 heteroatoms. The molecule has 2 aromatic carbocycles. The van der Waals surface area contributed by atoms with Crippen molar-refractivity contribution in [3.63, 3.8) is 0 Å². The van der Waals surface area contributed by atoms with Gasteiger partial charge in [0, 0.05) is 23.2 Å². The summed E-state index contributed by atoms with van der Waals surface area (Å²) in [4.78, 5) is 22.6. The second-order valence-corrected chi connectivity index (χ2v) is 9.27. The van der Waals surface area contributed by atoms with Crippen molar-refractivity contribution in [2.75, 3.05) is 39.2 Å². The topological polar surface area (TPSA) is 45.7 Å². The van der Waals surface area contributed by atoms with Crippen LogP contribution >= 0.6 is 46.7 Å². The summed E-state index contributed by atoms with van der Waals surface area (Å²) >= 11 is 9.49. The van der Waals surface area contributed by atoms with Gasteiger partial charge >= 0.3 is 0 Å². The Labute approximate surface area is 194 Å². The zero-order valence-electron chi connectivity index (χ0n) is 16.7. The van der Waals surface area contributed by atoms with Crippen LogP contribution in [0.25, 0.3) is 20.3 Å². The molecule has 158 valence electrons. The number of methoxy groups -OCH3 is 1. The van der Waals surface area contributed by atoms with Gasteiger partial charge in [-0.1, -0.05) is 41.1 Å². The van der Waals surface area contributed by atoms with Crippen LogP contribution in [0.4, 0.5) is 5.13 Å². The molecule has 0 atom stereocenters. The van der Waals surface area contributed by atoms with Gasteiger partial charge in [0.05, 0.1) is 22.3 Å². The first kappa shape index (κ1) is 22.8. The molecular weight excluding hydrogens is 461 g/mol. The van der Waals surface area contributed by atoms with E-state index < -0.39 is 0 Å². The zero-order chi connectivity index (χ0) is 20.5. The third-order valence-corrected chi connectivity index (χ3v) is 7.26. The maximum absolute atomic E-state index is 13.5. The van der Waals surface area contributed by atoms with E-state index in [1.54, 1.807) is 12.0 Å². The van der Waals surface area contributed by atoms with E-state index in [-0.39, 0.29) is 18.3 Å². The predicted octanol–water partition coefficient (Wildman–Crippen LogP) is 5.80. The molecule has 0 radical (unpaired) electrons. The molecule has 0 bridgehead atoms. The minimum Gasteiger partial charge on any atom is -0.497 e. The van der Waals surface area contributed by atoms with Crippen molar-refractivity contribution in [3.8, 4) is 5.75 Å². The van der Waals surface area contributed by atoms with Crippen molar-refractivity contribution in [1.29, 1.82) is 0 Å². The van der Waals surface area contributed by atoms with Crippen LogP contribution in [0.1, 0.15) is 9.67 Å². The average Bonchev–Trinajstić information content (AvgIpc) is 3.28. The van der Waals surface area contributed by atoms with E-state index in [1.807, 2.05) is 61.5 Å². The van der Waals surface area contributed by atoms with E-state index in [9.17, 15) is 4.79 Å². The number of thiophene rings is 1. The zero-order valence-corrected chi connectivity index (χ0v) is 19.9. The molecule has 30 heavy (non-hydrogen) atoms. The lowest BCUT2D eigenvalue weighted by atomic mass is 10.2. The van der Waals surface area contributed by atoms with Crippen molar-refractivity contribution >= 4 is 78.0 Å². The van der Waals surface area contributed by atoms with Crippen molar-refractivity contribution in [1.82, 2.24) is 9.88 Å². The number of anilines is 1. The van der Waals surface area contributed by atoms with Crippen LogP contribution in [0, 0.1) is 0 Å². The number of carbonyl (C=O) groups is 1. The third-order valence-electron chi connectivity index (χ3n) is 4.56. The first-order chi connectivity index (χ1) is 14.0. The van der Waals surface area contributed by atoms with Crippen molar-refractivity contribution in [2.45, 2.75) is 0 Å². The minimum absolute atomic E-state index is 0. The normalized spacial score (nSPS) is 11.1. The van der Waals surface area contributed by atoms with Gasteiger partial charge in [-0.15, -0.1) is 23.7 Å². The summed E-state index contributed by atoms with van der Waals surface area (Å²) in [7, 11) is 5.61. The Morgan fingerprint density at radius 3 is 2.57 bits per heavy atom. The van der Waals surface area contributed by atoms with Crippen LogP contribution in [-0.2, 0) is 0 Å². The number of amides is 1. The number of rotatable bonds is 6. The molecule has 4 rings (SSSR count). The van der Waals surface area contributed by atoms with Crippen LogP contribution in [-0.4, -0.2) is 50.1 Å². The Hall–Kier alpha value is -1.90. The molecule has 0 aliphatic rings. The molecule has 0 saturated carbocycles. The summed E-state index contributed by atoms with van der Waals surface area (Å²) in [6.07, 6.45) is 0. The highest BCUT2D eigenvalue weighted by molar-refractivity contribution is 7.23. The van der Waals surface area contributed by atoms with Gasteiger partial charge in [-0.25, -0.2) is 4.98 Å². The Morgan fingerprint density at radius 2 is 1.87 bits per heavy atom. The number of nitrogens with zero attached hydrogens (tertiary/aromatic N) is 3. The molecule has 0 aliphatic carbocycles. The Morgan fingerprint density at radius 1 is 1.10 bits per heavy atom. The number of fused-ring (bicyclic) bond motifs is 2. The first-order valence-corrected chi connectivity index (χ1v) is 11.1. The quantitative estimate of drug-likeness (QED) is 0.348. The molecule has 4 aromatic rings. The van der Waals surface area contributed by atoms with Gasteiger partial charge in [0.2, 0.25) is 0 Å². The number of aromatic nitrogens is 1. The standard InChI is InChI=1S/C21H20ClN3O2S2.ClH/c1-24(2)10-11-25(21-23-15-9-8-13(27-3)12-17(15)29-21)20(26)19-18(22)14-6-4-5-7-16(14)28-19;/h4-9,12H,10-11H2,1-3H3;1H. The fourth-order valence-electron chi connectivity index (χ4n) is 2.99. The molecule has 0 spiro atoms. The molecule has 0 aliphatic heterocycles. The molecule has 0 unspecified atom stereocenters. The van der Waals surface area contributed by atoms with Crippen LogP contribution in [0.2, 0.25) is 5.02 Å². The number of benzene rings is 2. The SMILES string of the molecule is COc1ccc2nc(N(CCN(C)C)C(=O)c3sc4ccccc4c3Cl)sc2c1.Cl. The summed E-state index contributed by atoms with van der Waals surface area (Å²) in [5.41, 5.74) is 0.843. The summed E-state index contributed by atoms with van der Waals surface area (Å²) in [6.45, 7) is 1.24. The van der Waals surface area contributed by atoms with Gasteiger partial charge in [-0.2, -0.15) is 0 Å². The van der Waals surface area contributed by atoms with E-state index in [1.165, 1.54) is 22.7 Å². The van der Waals surface area contributed by atoms with Crippen molar-refractivity contribution < 1.29 is 9.53 Å². The number of carbonyl (C=O) groups excluding carboxylic acids is 1. The molecule has 0 N–H and O–H groups in total. The van der Waals surface area contributed by atoms with Gasteiger partial charge in [0.1, 0.15) is 10.6 Å². The van der Waals surface area contributed by atoms with Gasteiger partial charge in [0.25, 0.3) is 5.91 Å². The van der Waals surface area contributed by atoms with Crippen LogP contribution in [0.5, 0.6) is 5.75 Å². The monoisotopic (exact) mass is 481 g/mol. The molecule has 5 nitrogen and oxygen atoms in total. The first-order valence-electron chi connectivity index (χ1n) is 9.06. The number of ether oxygens (including phenoxy) is 1. The van der Waals surface area contributed by atoms with Gasteiger partial charge in [0.15, 0.2) is 5.13 Å². The van der Waals surface area contributed by atoms with E-state index in [2.05, 4.69) is 0 Å². The molecule has 0 fully saturated rings. The Bertz CT molecular complexity index is 1190. The highest BCUT2D eigenvalue weighted by atomic mass is 35.5. The molecular formula is C21H21Cl2N3O2S2. The number of likely N-dealkylation sites (N-methyl/N-ethyl adjacent to an activating group) is 1. The molecule has 2 aromatic heterocycles. The summed E-state index contributed by atoms with van der Waals surface area (Å²) in [5, 5.41) is 2.07. The second-order valence-electron chi connectivity index (χ2n) is 6.83. The number of hydrogen-bond acceptors (Lipinski definition) is 6. The van der Waals surface area contributed by atoms with Gasteiger partial charge in [-0.05, 0) is 38.4 Å². The number of halogens is 2. The summed E-state index contributed by atoms with van der Waals surface area (Å²) in [5.74, 6) is 0.649. The Balaban J connectivity index is 0.00000256. The summed E-state index contributed by atoms with van der Waals surface area (Å²) < 4.78 is 7.29. The maximum Gasteiger partial charge on any atom is 0.271 e. The smallest absolute Gasteiger partial charge is 0.271 e. The van der Waals surface area contributed by atoms with Crippen LogP contribution < -0.4 is 9.64 Å². The second kappa shape index (κ2) is 9.49. The van der Waals surface area contributed by atoms with Crippen LogP contribution in [0.3, 0.4) is 0 Å². The van der Waals surface area contributed by atoms with Gasteiger partial charge in [-0.3, -0.25) is 9.69 Å². The lowest BCUT2D eigenvalue weighted by molar-refractivity contribution is 0.0989. The van der Waals surface area contributed by atoms with Gasteiger partial charge < -0.3 is 9.64 Å². The fourth-order valence-corrected chi connectivity index (χ4v) is 5.47. The summed E-state index contributed by atoms with van der Waals surface area (Å²) in [6, 6.07) is 13.5. The fraction of sp³-hybridized carbons (Fsp3) is 0.238. The predicted molar refractivity (Wildman–Crippen MR) is 130 cm³/mol. The molecule has 0 saturated heterocycles. The van der Waals surface area contributed by atoms with Crippen molar-refractivity contribution in [2.24, 2.45) is 0 Å². The van der Waals surface area contributed by atoms with E-state index in [4.69, 9.17) is 21.3 Å². The largest absolute Gasteiger partial charge is 0.497 e.